The fourth-order valence-electron chi connectivity index (χ4n) is 1.95. The molecule has 6 heteroatoms. The average Bonchev–Trinajstić information content (AvgIpc) is 3.11. The predicted octanol–water partition coefficient (Wildman–Crippen LogP) is 2.09. The average molecular weight is 288 g/mol. The number of thiophene rings is 1. The maximum absolute atomic E-state index is 12.1. The molecule has 0 aliphatic rings. The minimum absolute atomic E-state index is 0.118. The Hall–Kier alpha value is -2.34. The molecule has 0 aromatic carbocycles. The Labute approximate surface area is 118 Å². The minimum Gasteiger partial charge on any atom is -0.459 e. The number of pyridine rings is 1. The van der Waals surface area contributed by atoms with Crippen molar-refractivity contribution in [3.63, 3.8) is 0 Å². The van der Waals surface area contributed by atoms with Crippen molar-refractivity contribution in [2.45, 2.75) is 6.54 Å². The van der Waals surface area contributed by atoms with E-state index in [-0.39, 0.29) is 11.5 Å². The van der Waals surface area contributed by atoms with Gasteiger partial charge in [-0.2, -0.15) is 0 Å². The molecule has 1 amide bonds. The van der Waals surface area contributed by atoms with E-state index in [1.54, 1.807) is 18.3 Å². The van der Waals surface area contributed by atoms with E-state index >= 15 is 0 Å². The van der Waals surface area contributed by atoms with E-state index in [2.05, 4.69) is 5.32 Å². The Morgan fingerprint density at radius 1 is 1.35 bits per heavy atom. The minimum atomic E-state index is -0.183. The number of carbonyl (C=O) groups excluding carboxylic acids is 1. The normalized spacial score (nSPS) is 10.8. The van der Waals surface area contributed by atoms with Crippen LogP contribution in [0.25, 0.3) is 11.0 Å². The Kier molecular flexibility index (Phi) is 3.39. The van der Waals surface area contributed by atoms with Gasteiger partial charge < -0.3 is 14.3 Å². The first kappa shape index (κ1) is 12.7. The predicted molar refractivity (Wildman–Crippen MR) is 77.1 cm³/mol. The molecule has 0 unspecified atom stereocenters. The highest BCUT2D eigenvalue weighted by Gasteiger charge is 2.07. The Morgan fingerprint density at radius 2 is 2.25 bits per heavy atom. The molecule has 0 bridgehead atoms. The van der Waals surface area contributed by atoms with Crippen molar-refractivity contribution in [3.8, 4) is 0 Å². The van der Waals surface area contributed by atoms with Crippen LogP contribution in [-0.4, -0.2) is 17.0 Å². The van der Waals surface area contributed by atoms with Gasteiger partial charge in [-0.3, -0.25) is 9.59 Å². The molecular formula is C14H12N2O3S. The molecule has 20 heavy (non-hydrogen) atoms. The van der Waals surface area contributed by atoms with Crippen LogP contribution in [0.5, 0.6) is 0 Å². The van der Waals surface area contributed by atoms with Gasteiger partial charge in [-0.25, -0.2) is 0 Å². The van der Waals surface area contributed by atoms with Crippen LogP contribution in [0.1, 0.15) is 9.67 Å². The topological polar surface area (TPSA) is 64.2 Å². The van der Waals surface area contributed by atoms with Crippen molar-refractivity contribution in [1.29, 1.82) is 0 Å². The van der Waals surface area contributed by atoms with E-state index in [1.807, 2.05) is 17.5 Å². The third-order valence-electron chi connectivity index (χ3n) is 2.97. The summed E-state index contributed by atoms with van der Waals surface area (Å²) in [5.41, 5.74) is 0.162. The molecule has 3 heterocycles. The Morgan fingerprint density at radius 3 is 3.05 bits per heavy atom. The number of hydrogen-bond acceptors (Lipinski definition) is 4. The van der Waals surface area contributed by atoms with Crippen LogP contribution in [0.4, 0.5) is 0 Å². The standard InChI is InChI=1S/C14H12N2O3S/c17-13(11-2-1-9-20-11)15-5-7-16-6-3-10-4-8-19-12(10)14(16)18/h1-4,6,8-9H,5,7H2,(H,15,17). The van der Waals surface area contributed by atoms with Crippen LogP contribution in [0, 0.1) is 0 Å². The zero-order valence-electron chi connectivity index (χ0n) is 10.5. The summed E-state index contributed by atoms with van der Waals surface area (Å²) < 4.78 is 6.68. The second kappa shape index (κ2) is 5.34. The highest BCUT2D eigenvalue weighted by molar-refractivity contribution is 7.12. The Bertz CT molecular complexity index is 786. The van der Waals surface area contributed by atoms with Crippen LogP contribution in [0.15, 0.2) is 51.3 Å². The van der Waals surface area contributed by atoms with Crippen LogP contribution in [0.3, 0.4) is 0 Å². The van der Waals surface area contributed by atoms with Crippen molar-refractivity contribution in [1.82, 2.24) is 9.88 Å². The number of aromatic nitrogens is 1. The largest absolute Gasteiger partial charge is 0.459 e. The smallest absolute Gasteiger partial charge is 0.294 e. The number of nitrogens with one attached hydrogen (secondary N) is 1. The van der Waals surface area contributed by atoms with Gasteiger partial charge in [0, 0.05) is 24.7 Å². The number of furan rings is 1. The quantitative estimate of drug-likeness (QED) is 0.799. The van der Waals surface area contributed by atoms with E-state index in [4.69, 9.17) is 4.42 Å². The molecule has 0 atom stereocenters. The number of amides is 1. The van der Waals surface area contributed by atoms with Gasteiger partial charge in [-0.15, -0.1) is 11.3 Å². The fourth-order valence-corrected chi connectivity index (χ4v) is 2.59. The molecule has 0 spiro atoms. The lowest BCUT2D eigenvalue weighted by Crippen LogP contribution is -2.30. The van der Waals surface area contributed by atoms with Gasteiger partial charge in [-0.1, -0.05) is 6.07 Å². The molecule has 0 fully saturated rings. The third-order valence-corrected chi connectivity index (χ3v) is 3.84. The molecule has 0 saturated heterocycles. The summed E-state index contributed by atoms with van der Waals surface area (Å²) >= 11 is 1.39. The van der Waals surface area contributed by atoms with Crippen LogP contribution >= 0.6 is 11.3 Å². The highest BCUT2D eigenvalue weighted by Crippen LogP contribution is 2.09. The summed E-state index contributed by atoms with van der Waals surface area (Å²) in [6, 6.07) is 7.16. The number of nitrogens with zero attached hydrogens (tertiary/aromatic N) is 1. The lowest BCUT2D eigenvalue weighted by atomic mass is 10.3. The van der Waals surface area contributed by atoms with Crippen molar-refractivity contribution >= 4 is 28.2 Å². The van der Waals surface area contributed by atoms with Crippen molar-refractivity contribution in [3.05, 3.63) is 57.3 Å². The summed E-state index contributed by atoms with van der Waals surface area (Å²) in [4.78, 5) is 24.5. The second-order valence-electron chi connectivity index (χ2n) is 4.25. The molecule has 1 N–H and O–H groups in total. The third kappa shape index (κ3) is 2.37. The van der Waals surface area contributed by atoms with Gasteiger partial charge in [0.15, 0.2) is 5.58 Å². The highest BCUT2D eigenvalue weighted by atomic mass is 32.1. The molecule has 0 aliphatic heterocycles. The first-order valence-corrected chi connectivity index (χ1v) is 7.02. The number of carbonyl (C=O) groups is 1. The lowest BCUT2D eigenvalue weighted by Gasteiger charge is -2.06. The Balaban J connectivity index is 1.67. The van der Waals surface area contributed by atoms with Gasteiger partial charge in [0.25, 0.3) is 11.5 Å². The van der Waals surface area contributed by atoms with Gasteiger partial charge in [0.2, 0.25) is 0 Å². The van der Waals surface area contributed by atoms with Gasteiger partial charge in [-0.05, 0) is 23.6 Å². The molecule has 102 valence electrons. The van der Waals surface area contributed by atoms with Crippen LogP contribution in [-0.2, 0) is 6.54 Å². The zero-order chi connectivity index (χ0) is 13.9. The molecule has 3 rings (SSSR count). The van der Waals surface area contributed by atoms with E-state index < -0.39 is 0 Å². The maximum atomic E-state index is 12.1. The second-order valence-corrected chi connectivity index (χ2v) is 5.20. The monoisotopic (exact) mass is 288 g/mol. The van der Waals surface area contributed by atoms with Gasteiger partial charge >= 0.3 is 0 Å². The van der Waals surface area contributed by atoms with Crippen LogP contribution < -0.4 is 10.9 Å². The molecule has 5 nitrogen and oxygen atoms in total. The van der Waals surface area contributed by atoms with Gasteiger partial charge in [0.1, 0.15) is 0 Å². The molecular weight excluding hydrogens is 276 g/mol. The van der Waals surface area contributed by atoms with E-state index in [0.29, 0.717) is 23.5 Å². The van der Waals surface area contributed by atoms with Gasteiger partial charge in [0.05, 0.1) is 11.1 Å². The summed E-state index contributed by atoms with van der Waals surface area (Å²) in [5.74, 6) is -0.118. The number of hydrogen-bond donors (Lipinski definition) is 1. The van der Waals surface area contributed by atoms with E-state index in [0.717, 1.165) is 5.39 Å². The van der Waals surface area contributed by atoms with E-state index in [9.17, 15) is 9.59 Å². The summed E-state index contributed by atoms with van der Waals surface area (Å²) in [6.45, 7) is 0.801. The number of rotatable bonds is 4. The first-order valence-electron chi connectivity index (χ1n) is 6.14. The summed E-state index contributed by atoms with van der Waals surface area (Å²) in [6.07, 6.45) is 3.20. The fraction of sp³-hybridized carbons (Fsp3) is 0.143. The van der Waals surface area contributed by atoms with Crippen molar-refractivity contribution < 1.29 is 9.21 Å². The maximum Gasteiger partial charge on any atom is 0.294 e. The molecule has 0 aliphatic carbocycles. The van der Waals surface area contributed by atoms with Crippen molar-refractivity contribution in [2.24, 2.45) is 0 Å². The molecule has 3 aromatic rings. The first-order chi connectivity index (χ1) is 9.75. The number of fused-ring (bicyclic) bond motifs is 1. The summed E-state index contributed by atoms with van der Waals surface area (Å²) in [5, 5.41) is 5.42. The molecule has 3 aromatic heterocycles. The molecule has 0 saturated carbocycles. The molecule has 0 radical (unpaired) electrons. The van der Waals surface area contributed by atoms with E-state index in [1.165, 1.54) is 22.2 Å². The summed E-state index contributed by atoms with van der Waals surface area (Å²) in [7, 11) is 0. The van der Waals surface area contributed by atoms with Crippen molar-refractivity contribution in [2.75, 3.05) is 6.54 Å². The zero-order valence-corrected chi connectivity index (χ0v) is 11.4. The van der Waals surface area contributed by atoms with Crippen LogP contribution in [0.2, 0.25) is 0 Å². The SMILES string of the molecule is O=C(NCCn1ccc2ccoc2c1=O)c1cccs1. The lowest BCUT2D eigenvalue weighted by molar-refractivity contribution is 0.0956.